The number of rotatable bonds is 6. The van der Waals surface area contributed by atoms with Gasteiger partial charge in [-0.25, -0.2) is 8.42 Å². The Morgan fingerprint density at radius 1 is 1.03 bits per heavy atom. The minimum atomic E-state index is -3.98. The van der Waals surface area contributed by atoms with Gasteiger partial charge in [-0.1, -0.05) is 57.3 Å². The van der Waals surface area contributed by atoms with Crippen LogP contribution in [0.4, 0.5) is 5.69 Å². The monoisotopic (exact) mass is 552 g/mol. The lowest BCUT2D eigenvalue weighted by Gasteiger charge is -2.25. The maximum atomic E-state index is 13.5. The smallest absolute Gasteiger partial charge is 0.243 e. The first-order valence-corrected chi connectivity index (χ1v) is 12.8. The second kappa shape index (κ2) is 9.53. The molecule has 5 nitrogen and oxygen atoms in total. The summed E-state index contributed by atoms with van der Waals surface area (Å²) in [5.74, 6) is -0.296. The van der Waals surface area contributed by atoms with Crippen LogP contribution < -0.4 is 4.90 Å². The number of carbonyl (C=O) groups excluding carboxylic acids is 1. The molecule has 1 aliphatic rings. The van der Waals surface area contributed by atoms with Gasteiger partial charge in [0, 0.05) is 33.3 Å². The van der Waals surface area contributed by atoms with E-state index in [1.54, 1.807) is 29.2 Å². The van der Waals surface area contributed by atoms with Gasteiger partial charge in [0.05, 0.1) is 11.4 Å². The predicted molar refractivity (Wildman–Crippen MR) is 131 cm³/mol. The molecule has 0 unspecified atom stereocenters. The second-order valence-electron chi connectivity index (χ2n) is 7.39. The van der Waals surface area contributed by atoms with E-state index in [2.05, 4.69) is 15.9 Å². The number of hydrogen-bond acceptors (Lipinski definition) is 3. The van der Waals surface area contributed by atoms with Gasteiger partial charge in [-0.05, 0) is 66.1 Å². The molecule has 0 saturated carbocycles. The normalized spacial score (nSPS) is 13.4. The van der Waals surface area contributed by atoms with Crippen molar-refractivity contribution < 1.29 is 13.2 Å². The number of halogens is 3. The van der Waals surface area contributed by atoms with Crippen LogP contribution in [0, 0.1) is 0 Å². The first kappa shape index (κ1) is 23.3. The van der Waals surface area contributed by atoms with Crippen LogP contribution in [-0.2, 0) is 27.8 Å². The molecule has 3 aromatic carbocycles. The molecule has 0 fully saturated rings. The van der Waals surface area contributed by atoms with E-state index in [9.17, 15) is 13.2 Å². The Morgan fingerprint density at radius 2 is 1.75 bits per heavy atom. The molecule has 0 aliphatic carbocycles. The van der Waals surface area contributed by atoms with Crippen molar-refractivity contribution in [3.63, 3.8) is 0 Å². The van der Waals surface area contributed by atoms with Crippen molar-refractivity contribution in [3.8, 4) is 0 Å². The lowest BCUT2D eigenvalue weighted by molar-refractivity contribution is -0.118. The van der Waals surface area contributed by atoms with Crippen molar-refractivity contribution in [3.05, 3.63) is 92.4 Å². The molecule has 0 bridgehead atoms. The molecule has 4 rings (SSSR count). The maximum Gasteiger partial charge on any atom is 0.243 e. The largest absolute Gasteiger partial charge is 0.311 e. The van der Waals surface area contributed by atoms with E-state index in [0.29, 0.717) is 22.2 Å². The first-order chi connectivity index (χ1) is 15.3. The van der Waals surface area contributed by atoms with Crippen molar-refractivity contribution in [1.82, 2.24) is 4.31 Å². The fraction of sp³-hybridized carbons (Fsp3) is 0.174. The van der Waals surface area contributed by atoms with Crippen LogP contribution in [0.15, 0.2) is 76.1 Å². The zero-order chi connectivity index (χ0) is 22.9. The summed E-state index contributed by atoms with van der Waals surface area (Å²) in [5, 5.41) is 0.866. The van der Waals surface area contributed by atoms with E-state index in [-0.39, 0.29) is 23.9 Å². The molecule has 9 heteroatoms. The van der Waals surface area contributed by atoms with Gasteiger partial charge in [-0.15, -0.1) is 0 Å². The van der Waals surface area contributed by atoms with E-state index in [1.165, 1.54) is 24.3 Å². The van der Waals surface area contributed by atoms with Gasteiger partial charge in [0.2, 0.25) is 15.9 Å². The Balaban J connectivity index is 1.66. The number of sulfonamides is 1. The molecule has 1 amide bonds. The van der Waals surface area contributed by atoms with Crippen LogP contribution in [-0.4, -0.2) is 31.7 Å². The standard InChI is InChI=1S/C23H19BrCl2N2O3S/c24-18-5-10-22-16(13-18)11-12-28(22)23(29)15-27(14-17-3-1-2-4-21(17)26)32(30,31)20-8-6-19(25)7-9-20/h1-10,13H,11-12,14-15H2. The van der Waals surface area contributed by atoms with E-state index in [0.717, 1.165) is 26.4 Å². The molecule has 0 atom stereocenters. The lowest BCUT2D eigenvalue weighted by atomic mass is 10.2. The van der Waals surface area contributed by atoms with Crippen molar-refractivity contribution in [2.75, 3.05) is 18.0 Å². The fourth-order valence-corrected chi connectivity index (χ4v) is 5.76. The van der Waals surface area contributed by atoms with Gasteiger partial charge in [0.1, 0.15) is 0 Å². The Labute approximate surface area is 205 Å². The minimum absolute atomic E-state index is 0.0303. The highest BCUT2D eigenvalue weighted by Crippen LogP contribution is 2.31. The second-order valence-corrected chi connectivity index (χ2v) is 11.1. The Morgan fingerprint density at radius 3 is 2.47 bits per heavy atom. The van der Waals surface area contributed by atoms with Crippen molar-refractivity contribution in [2.45, 2.75) is 17.9 Å². The van der Waals surface area contributed by atoms with Crippen molar-refractivity contribution in [2.24, 2.45) is 0 Å². The van der Waals surface area contributed by atoms with Crippen LogP contribution in [0.5, 0.6) is 0 Å². The molecule has 0 N–H and O–H groups in total. The molecule has 0 radical (unpaired) electrons. The highest BCUT2D eigenvalue weighted by atomic mass is 79.9. The number of amides is 1. The van der Waals surface area contributed by atoms with Crippen LogP contribution >= 0.6 is 39.1 Å². The molecule has 1 heterocycles. The Bertz CT molecular complexity index is 1270. The van der Waals surface area contributed by atoms with Gasteiger partial charge in [-0.3, -0.25) is 4.79 Å². The fourth-order valence-electron chi connectivity index (χ4n) is 3.66. The third-order valence-electron chi connectivity index (χ3n) is 5.31. The van der Waals surface area contributed by atoms with E-state index < -0.39 is 10.0 Å². The number of anilines is 1. The average molecular weight is 554 g/mol. The zero-order valence-corrected chi connectivity index (χ0v) is 20.8. The molecule has 32 heavy (non-hydrogen) atoms. The number of fused-ring (bicyclic) bond motifs is 1. The molecule has 166 valence electrons. The topological polar surface area (TPSA) is 57.7 Å². The molecule has 1 aliphatic heterocycles. The van der Waals surface area contributed by atoms with Crippen molar-refractivity contribution in [1.29, 1.82) is 0 Å². The zero-order valence-electron chi connectivity index (χ0n) is 16.8. The van der Waals surface area contributed by atoms with Gasteiger partial charge in [0.25, 0.3) is 0 Å². The summed E-state index contributed by atoms with van der Waals surface area (Å²) in [4.78, 5) is 15.0. The van der Waals surface area contributed by atoms with Crippen LogP contribution in [0.25, 0.3) is 0 Å². The summed E-state index contributed by atoms with van der Waals surface area (Å²) in [6.07, 6.45) is 0.717. The SMILES string of the molecule is O=C(CN(Cc1ccccc1Cl)S(=O)(=O)c1ccc(Cl)cc1)N1CCc2cc(Br)ccc21. The third-order valence-corrected chi connectivity index (χ3v) is 8.23. The van der Waals surface area contributed by atoms with Crippen LogP contribution in [0.3, 0.4) is 0 Å². The van der Waals surface area contributed by atoms with E-state index in [1.807, 2.05) is 18.2 Å². The molecular formula is C23H19BrCl2N2O3S. The van der Waals surface area contributed by atoms with Crippen LogP contribution in [0.2, 0.25) is 10.0 Å². The van der Waals surface area contributed by atoms with E-state index in [4.69, 9.17) is 23.2 Å². The summed E-state index contributed by atoms with van der Waals surface area (Å²) in [6, 6.07) is 18.6. The quantitative estimate of drug-likeness (QED) is 0.403. The summed E-state index contributed by atoms with van der Waals surface area (Å²) >= 11 is 15.7. The molecular weight excluding hydrogens is 535 g/mol. The first-order valence-electron chi connectivity index (χ1n) is 9.83. The molecule has 0 aromatic heterocycles. The van der Waals surface area contributed by atoms with Gasteiger partial charge < -0.3 is 4.90 Å². The highest BCUT2D eigenvalue weighted by molar-refractivity contribution is 9.10. The predicted octanol–water partition coefficient (Wildman–Crippen LogP) is 5.54. The van der Waals surface area contributed by atoms with Crippen molar-refractivity contribution >= 4 is 60.7 Å². The maximum absolute atomic E-state index is 13.5. The van der Waals surface area contributed by atoms with Gasteiger partial charge in [0.15, 0.2) is 0 Å². The molecule has 0 spiro atoms. The minimum Gasteiger partial charge on any atom is -0.311 e. The summed E-state index contributed by atoms with van der Waals surface area (Å²) in [5.41, 5.74) is 2.47. The number of carbonyl (C=O) groups is 1. The number of nitrogens with zero attached hydrogens (tertiary/aromatic N) is 2. The Kier molecular flexibility index (Phi) is 6.93. The third kappa shape index (κ3) is 4.87. The number of hydrogen-bond donors (Lipinski definition) is 0. The van der Waals surface area contributed by atoms with Gasteiger partial charge >= 0.3 is 0 Å². The average Bonchev–Trinajstić information content (AvgIpc) is 3.18. The lowest BCUT2D eigenvalue weighted by Crippen LogP contribution is -2.42. The highest BCUT2D eigenvalue weighted by Gasteiger charge is 2.32. The van der Waals surface area contributed by atoms with E-state index >= 15 is 0 Å². The summed E-state index contributed by atoms with van der Waals surface area (Å²) < 4.78 is 29.0. The molecule has 0 saturated heterocycles. The Hall–Kier alpha value is -1.90. The number of benzene rings is 3. The molecule has 3 aromatic rings. The van der Waals surface area contributed by atoms with Gasteiger partial charge in [-0.2, -0.15) is 4.31 Å². The summed E-state index contributed by atoms with van der Waals surface area (Å²) in [7, 11) is -3.98. The summed E-state index contributed by atoms with van der Waals surface area (Å²) in [6.45, 7) is 0.161. The van der Waals surface area contributed by atoms with Crippen LogP contribution in [0.1, 0.15) is 11.1 Å².